The van der Waals surface area contributed by atoms with Crippen molar-refractivity contribution in [1.82, 2.24) is 0 Å². The van der Waals surface area contributed by atoms with Crippen molar-refractivity contribution in [3.63, 3.8) is 0 Å². The van der Waals surface area contributed by atoms with Gasteiger partial charge in [-0.3, -0.25) is 0 Å². The maximum absolute atomic E-state index is 12.7. The smallest absolute Gasteiger partial charge is 0.336 e. The molecule has 9 heavy (non-hydrogen) atoms. The first-order valence-corrected chi connectivity index (χ1v) is 3.98. The number of hydrogen-bond donors (Lipinski definition) is 0. The molecule has 1 saturated carbocycles. The van der Waals surface area contributed by atoms with E-state index in [9.17, 15) is 4.32 Å². The fourth-order valence-corrected chi connectivity index (χ4v) is 2.07. The van der Waals surface area contributed by atoms with Gasteiger partial charge in [-0.25, -0.2) is 0 Å². The lowest BCUT2D eigenvalue weighted by molar-refractivity contribution is 0.436. The maximum Gasteiger partial charge on any atom is 0.353 e. The Balaban J connectivity index is 1.97. The van der Waals surface area contributed by atoms with E-state index in [2.05, 4.69) is 0 Å². The topological polar surface area (TPSA) is 0 Å². The summed E-state index contributed by atoms with van der Waals surface area (Å²) in [6.45, 7) is -0.419. The van der Waals surface area contributed by atoms with Gasteiger partial charge < -0.3 is 4.32 Å². The molecule has 0 atom stereocenters. The van der Waals surface area contributed by atoms with Crippen LogP contribution in [-0.4, -0.2) is 6.99 Å². The molecule has 0 nitrogen and oxygen atoms in total. The molecule has 1 aliphatic heterocycles. The van der Waals surface area contributed by atoms with Gasteiger partial charge in [0.2, 0.25) is 0 Å². The van der Waals surface area contributed by atoms with Crippen LogP contribution in [0, 0.1) is 0 Å². The summed E-state index contributed by atoms with van der Waals surface area (Å²) in [6.07, 6.45) is 7.13. The van der Waals surface area contributed by atoms with Gasteiger partial charge in [0.25, 0.3) is 0 Å². The molecule has 1 saturated heterocycles. The summed E-state index contributed by atoms with van der Waals surface area (Å²) in [6, 6.07) is 0. The second-order valence-corrected chi connectivity index (χ2v) is 3.59. The predicted molar refractivity (Wildman–Crippen MR) is 37.4 cm³/mol. The Labute approximate surface area is 56.0 Å². The molecule has 0 unspecified atom stereocenters. The van der Waals surface area contributed by atoms with Crippen LogP contribution in [0.2, 0.25) is 11.6 Å². The van der Waals surface area contributed by atoms with Crippen molar-refractivity contribution < 1.29 is 4.32 Å². The van der Waals surface area contributed by atoms with Gasteiger partial charge in [0, 0.05) is 0 Å². The highest BCUT2D eigenvalue weighted by Gasteiger charge is 2.58. The normalized spacial score (nSPS) is 31.0. The van der Waals surface area contributed by atoms with E-state index in [0.29, 0.717) is 0 Å². The molecule has 0 aromatic rings. The zero-order valence-electron chi connectivity index (χ0n) is 5.70. The zero-order chi connectivity index (χ0) is 6.32. The van der Waals surface area contributed by atoms with Crippen LogP contribution < -0.4 is 0 Å². The van der Waals surface area contributed by atoms with Crippen LogP contribution in [0.25, 0.3) is 0 Å². The van der Waals surface area contributed by atoms with Gasteiger partial charge in [-0.15, -0.1) is 0 Å². The number of hydrogen-bond acceptors (Lipinski definition) is 0. The first kappa shape index (κ1) is 5.76. The summed E-state index contributed by atoms with van der Waals surface area (Å²) in [4.78, 5) is 0. The van der Waals surface area contributed by atoms with Gasteiger partial charge in [0.1, 0.15) is 0 Å². The SMILES string of the molecule is FB1CC12CCCCC2. The fraction of sp³-hybridized carbons (Fsp3) is 1.00. The van der Waals surface area contributed by atoms with Gasteiger partial charge in [-0.2, -0.15) is 0 Å². The van der Waals surface area contributed by atoms with Crippen molar-refractivity contribution in [3.8, 4) is 0 Å². The van der Waals surface area contributed by atoms with E-state index in [4.69, 9.17) is 0 Å². The van der Waals surface area contributed by atoms with Gasteiger partial charge in [0.05, 0.1) is 0 Å². The third-order valence-electron chi connectivity index (χ3n) is 2.94. The quantitative estimate of drug-likeness (QED) is 0.437. The average molecular weight is 126 g/mol. The van der Waals surface area contributed by atoms with Gasteiger partial charge in [-0.1, -0.05) is 32.1 Å². The van der Waals surface area contributed by atoms with Crippen molar-refractivity contribution in [2.75, 3.05) is 0 Å². The molecule has 0 radical (unpaired) electrons. The molecule has 1 aliphatic carbocycles. The molecule has 0 amide bonds. The standard InChI is InChI=1S/C7H12BF/c9-8-6-7(8)4-2-1-3-5-7/h1-6H2. The molecule has 0 aromatic heterocycles. The summed E-state index contributed by atoms with van der Waals surface area (Å²) in [5, 5.41) is 0.220. The lowest BCUT2D eigenvalue weighted by Crippen LogP contribution is -2.04. The van der Waals surface area contributed by atoms with Crippen molar-refractivity contribution in [1.29, 1.82) is 0 Å². The summed E-state index contributed by atoms with van der Waals surface area (Å²) in [7, 11) is 0. The van der Waals surface area contributed by atoms with E-state index in [1.807, 2.05) is 0 Å². The summed E-state index contributed by atoms with van der Waals surface area (Å²) in [5.41, 5.74) is 0. The minimum atomic E-state index is -0.419. The van der Waals surface area contributed by atoms with E-state index >= 15 is 0 Å². The van der Waals surface area contributed by atoms with Gasteiger partial charge >= 0.3 is 6.99 Å². The molecule has 0 bridgehead atoms. The summed E-state index contributed by atoms with van der Waals surface area (Å²) >= 11 is 0. The second kappa shape index (κ2) is 1.74. The Morgan fingerprint density at radius 3 is 2.00 bits per heavy atom. The third kappa shape index (κ3) is 0.796. The Bertz CT molecular complexity index is 118. The van der Waals surface area contributed by atoms with Crippen molar-refractivity contribution in [2.24, 2.45) is 0 Å². The van der Waals surface area contributed by atoms with Crippen LogP contribution in [0.1, 0.15) is 32.1 Å². The van der Waals surface area contributed by atoms with Crippen LogP contribution in [0.4, 0.5) is 4.32 Å². The maximum atomic E-state index is 12.7. The highest BCUT2D eigenvalue weighted by Crippen LogP contribution is 2.63. The molecule has 2 aliphatic rings. The molecule has 2 fully saturated rings. The van der Waals surface area contributed by atoms with Crippen LogP contribution in [0.3, 0.4) is 0 Å². The molecule has 50 valence electrons. The van der Waals surface area contributed by atoms with Crippen LogP contribution in [0.5, 0.6) is 0 Å². The Morgan fingerprint density at radius 1 is 1.11 bits per heavy atom. The molecule has 0 N–H and O–H groups in total. The van der Waals surface area contributed by atoms with Crippen LogP contribution in [-0.2, 0) is 0 Å². The summed E-state index contributed by atoms with van der Waals surface area (Å²) < 4.78 is 12.7. The van der Waals surface area contributed by atoms with E-state index in [-0.39, 0.29) is 5.31 Å². The third-order valence-corrected chi connectivity index (χ3v) is 2.94. The predicted octanol–water partition coefficient (Wildman–Crippen LogP) is 2.67. The molecule has 0 aromatic carbocycles. The molecule has 2 heteroatoms. The highest BCUT2D eigenvalue weighted by atomic mass is 19.1. The summed E-state index contributed by atoms with van der Waals surface area (Å²) in [5.74, 6) is 0. The van der Waals surface area contributed by atoms with Gasteiger partial charge in [-0.05, 0) is 11.6 Å². The van der Waals surface area contributed by atoms with Crippen LogP contribution in [0.15, 0.2) is 0 Å². The lowest BCUT2D eigenvalue weighted by atomic mass is 9.73. The molecular weight excluding hydrogens is 114 g/mol. The van der Waals surface area contributed by atoms with E-state index in [1.54, 1.807) is 0 Å². The number of rotatable bonds is 0. The molecule has 1 spiro atoms. The Morgan fingerprint density at radius 2 is 1.67 bits per heavy atom. The molecule has 2 rings (SSSR count). The average Bonchev–Trinajstić information content (AvgIpc) is 2.44. The van der Waals surface area contributed by atoms with E-state index in [0.717, 1.165) is 6.32 Å². The van der Waals surface area contributed by atoms with E-state index in [1.165, 1.54) is 32.1 Å². The lowest BCUT2D eigenvalue weighted by Gasteiger charge is -2.19. The van der Waals surface area contributed by atoms with Crippen molar-refractivity contribution in [3.05, 3.63) is 0 Å². The first-order valence-electron chi connectivity index (χ1n) is 3.98. The van der Waals surface area contributed by atoms with Gasteiger partial charge in [0.15, 0.2) is 0 Å². The van der Waals surface area contributed by atoms with E-state index < -0.39 is 6.99 Å². The van der Waals surface area contributed by atoms with Crippen molar-refractivity contribution in [2.45, 2.75) is 43.7 Å². The van der Waals surface area contributed by atoms with Crippen molar-refractivity contribution >= 4 is 6.99 Å². The Kier molecular flexibility index (Phi) is 1.11. The minimum Gasteiger partial charge on any atom is -0.336 e. The molecule has 1 heterocycles. The first-order chi connectivity index (χ1) is 4.33. The number of halogens is 1. The highest BCUT2D eigenvalue weighted by molar-refractivity contribution is 6.67. The second-order valence-electron chi connectivity index (χ2n) is 3.59. The zero-order valence-corrected chi connectivity index (χ0v) is 5.70. The fourth-order valence-electron chi connectivity index (χ4n) is 2.07. The largest absolute Gasteiger partial charge is 0.353 e. The molecular formula is C7H12BF. The monoisotopic (exact) mass is 126 g/mol. The Hall–Kier alpha value is -0.00506. The van der Waals surface area contributed by atoms with Crippen LogP contribution >= 0.6 is 0 Å². The minimum absolute atomic E-state index is 0.220.